The molecule has 0 saturated heterocycles. The predicted molar refractivity (Wildman–Crippen MR) is 98.3 cm³/mol. The minimum atomic E-state index is -0.642. The lowest BCUT2D eigenvalue weighted by atomic mass is 9.86. The van der Waals surface area contributed by atoms with Gasteiger partial charge in [0.05, 0.1) is 13.0 Å². The highest BCUT2D eigenvalue weighted by Crippen LogP contribution is 2.48. The summed E-state index contributed by atoms with van der Waals surface area (Å²) in [5.41, 5.74) is 2.20. The van der Waals surface area contributed by atoms with Crippen LogP contribution < -0.4 is 14.2 Å². The molecule has 2 aliphatic rings. The molecule has 6 heteroatoms. The van der Waals surface area contributed by atoms with Gasteiger partial charge >= 0.3 is 0 Å². The molecular weight excluding hydrogens is 348 g/mol. The predicted octanol–water partition coefficient (Wildman–Crippen LogP) is 3.34. The van der Waals surface area contributed by atoms with Crippen molar-refractivity contribution in [2.75, 3.05) is 13.7 Å². The minimum absolute atomic E-state index is 0.0452. The minimum Gasteiger partial charge on any atom is -0.508 e. The molecule has 2 heterocycles. The zero-order valence-electron chi connectivity index (χ0n) is 15.1. The first-order chi connectivity index (χ1) is 12.9. The lowest BCUT2D eigenvalue weighted by Gasteiger charge is -2.26. The van der Waals surface area contributed by atoms with E-state index in [1.807, 2.05) is 6.92 Å². The molecule has 0 aromatic heterocycles. The Labute approximate surface area is 156 Å². The third-order valence-electron chi connectivity index (χ3n) is 5.10. The number of phenolic OH excluding ortho intramolecular Hbond substituents is 2. The van der Waals surface area contributed by atoms with Crippen LogP contribution in [0.25, 0.3) is 0 Å². The standard InChI is InChI=1S/C21H20O6/c1-10(2)15-7-13-17(27-15)8-18-19(20(13)23)21(24)14(9-26-18)12-5-4-11(22)6-16(12)25-3/h4-6,8,14-15,22-23H,1,7,9H2,2-3H3. The van der Waals surface area contributed by atoms with Gasteiger partial charge in [-0.25, -0.2) is 0 Å². The van der Waals surface area contributed by atoms with E-state index in [0.717, 1.165) is 5.57 Å². The van der Waals surface area contributed by atoms with Crippen LogP contribution in [0.3, 0.4) is 0 Å². The normalized spacial score (nSPS) is 20.3. The number of rotatable bonds is 3. The zero-order valence-corrected chi connectivity index (χ0v) is 15.1. The number of carbonyl (C=O) groups excluding carboxylic acids is 1. The maximum atomic E-state index is 13.2. The van der Waals surface area contributed by atoms with Crippen molar-refractivity contribution in [3.63, 3.8) is 0 Å². The van der Waals surface area contributed by atoms with Crippen molar-refractivity contribution in [2.24, 2.45) is 0 Å². The second-order valence-corrected chi connectivity index (χ2v) is 6.89. The van der Waals surface area contributed by atoms with E-state index >= 15 is 0 Å². The topological polar surface area (TPSA) is 85.2 Å². The van der Waals surface area contributed by atoms with Gasteiger partial charge in [0.2, 0.25) is 0 Å². The number of ether oxygens (including phenoxy) is 3. The van der Waals surface area contributed by atoms with E-state index < -0.39 is 5.92 Å². The van der Waals surface area contributed by atoms with E-state index in [9.17, 15) is 15.0 Å². The number of Topliss-reactive ketones (excluding diaryl/α,β-unsaturated/α-hetero) is 1. The van der Waals surface area contributed by atoms with Crippen molar-refractivity contribution in [1.82, 2.24) is 0 Å². The molecule has 2 aliphatic heterocycles. The van der Waals surface area contributed by atoms with E-state index in [2.05, 4.69) is 6.58 Å². The van der Waals surface area contributed by atoms with Gasteiger partial charge < -0.3 is 24.4 Å². The van der Waals surface area contributed by atoms with Crippen LogP contribution in [0.2, 0.25) is 0 Å². The van der Waals surface area contributed by atoms with Crippen molar-refractivity contribution >= 4 is 5.78 Å². The van der Waals surface area contributed by atoms with Gasteiger partial charge in [-0.1, -0.05) is 12.6 Å². The molecule has 2 unspecified atom stereocenters. The Balaban J connectivity index is 1.76. The monoisotopic (exact) mass is 368 g/mol. The summed E-state index contributed by atoms with van der Waals surface area (Å²) in [7, 11) is 1.47. The first-order valence-corrected chi connectivity index (χ1v) is 8.65. The summed E-state index contributed by atoms with van der Waals surface area (Å²) in [6, 6.07) is 6.24. The fourth-order valence-corrected chi connectivity index (χ4v) is 3.61. The molecule has 6 nitrogen and oxygen atoms in total. The van der Waals surface area contributed by atoms with Gasteiger partial charge in [0.15, 0.2) is 5.78 Å². The number of ketones is 1. The summed E-state index contributed by atoms with van der Waals surface area (Å²) in [6.07, 6.45) is 0.238. The van der Waals surface area contributed by atoms with Crippen LogP contribution in [0.15, 0.2) is 36.4 Å². The maximum absolute atomic E-state index is 13.2. The average Bonchev–Trinajstić information content (AvgIpc) is 3.07. The average molecular weight is 368 g/mol. The molecule has 27 heavy (non-hydrogen) atoms. The largest absolute Gasteiger partial charge is 0.508 e. The summed E-state index contributed by atoms with van der Waals surface area (Å²) in [6.45, 7) is 5.87. The Morgan fingerprint density at radius 1 is 1.26 bits per heavy atom. The molecule has 2 aromatic carbocycles. The summed E-state index contributed by atoms with van der Waals surface area (Å²) in [5, 5.41) is 20.4. The molecule has 0 radical (unpaired) electrons. The molecule has 0 fully saturated rings. The first-order valence-electron chi connectivity index (χ1n) is 8.65. The summed E-state index contributed by atoms with van der Waals surface area (Å²) in [4.78, 5) is 13.2. The molecule has 140 valence electrons. The van der Waals surface area contributed by atoms with Gasteiger partial charge in [-0.15, -0.1) is 0 Å². The lowest BCUT2D eigenvalue weighted by molar-refractivity contribution is 0.0889. The highest BCUT2D eigenvalue weighted by molar-refractivity contribution is 6.07. The number of aromatic hydroxyl groups is 2. The van der Waals surface area contributed by atoms with E-state index in [1.165, 1.54) is 19.2 Å². The summed E-state index contributed by atoms with van der Waals surface area (Å²) < 4.78 is 16.9. The van der Waals surface area contributed by atoms with Crippen molar-refractivity contribution in [3.8, 4) is 28.7 Å². The number of fused-ring (bicyclic) bond motifs is 2. The lowest BCUT2D eigenvalue weighted by Crippen LogP contribution is -2.26. The van der Waals surface area contributed by atoms with Crippen LogP contribution >= 0.6 is 0 Å². The van der Waals surface area contributed by atoms with Gasteiger partial charge in [0.1, 0.15) is 47.0 Å². The first kappa shape index (κ1) is 17.3. The quantitative estimate of drug-likeness (QED) is 0.808. The molecule has 0 spiro atoms. The van der Waals surface area contributed by atoms with Crippen LogP contribution in [-0.2, 0) is 6.42 Å². The number of carbonyl (C=O) groups is 1. The number of hydrogen-bond donors (Lipinski definition) is 2. The van der Waals surface area contributed by atoms with Gasteiger partial charge in [0.25, 0.3) is 0 Å². The van der Waals surface area contributed by atoms with Crippen LogP contribution in [0.4, 0.5) is 0 Å². The molecular formula is C21H20O6. The third-order valence-corrected chi connectivity index (χ3v) is 5.10. The summed E-state index contributed by atoms with van der Waals surface area (Å²) >= 11 is 0. The Morgan fingerprint density at radius 3 is 2.74 bits per heavy atom. The van der Waals surface area contributed by atoms with Crippen LogP contribution in [0, 0.1) is 0 Å². The Morgan fingerprint density at radius 2 is 2.04 bits per heavy atom. The Bertz CT molecular complexity index is 962. The van der Waals surface area contributed by atoms with Gasteiger partial charge in [-0.05, 0) is 18.6 Å². The molecule has 4 rings (SSSR count). The molecule has 2 aromatic rings. The van der Waals surface area contributed by atoms with E-state index in [4.69, 9.17) is 14.2 Å². The second-order valence-electron chi connectivity index (χ2n) is 6.89. The van der Waals surface area contributed by atoms with Gasteiger partial charge in [-0.3, -0.25) is 4.79 Å². The highest BCUT2D eigenvalue weighted by atomic mass is 16.5. The molecule has 0 amide bonds. The molecule has 2 atom stereocenters. The third kappa shape index (κ3) is 2.68. The molecule has 0 saturated carbocycles. The molecule has 0 aliphatic carbocycles. The smallest absolute Gasteiger partial charge is 0.181 e. The van der Waals surface area contributed by atoms with Gasteiger partial charge in [0, 0.05) is 29.7 Å². The zero-order chi connectivity index (χ0) is 19.3. The fourth-order valence-electron chi connectivity index (χ4n) is 3.61. The van der Waals surface area contributed by atoms with Gasteiger partial charge in [-0.2, -0.15) is 0 Å². The maximum Gasteiger partial charge on any atom is 0.181 e. The number of hydrogen-bond acceptors (Lipinski definition) is 6. The fraction of sp³-hybridized carbons (Fsp3) is 0.286. The number of benzene rings is 2. The van der Waals surface area contributed by atoms with Crippen molar-refractivity contribution in [2.45, 2.75) is 25.4 Å². The van der Waals surface area contributed by atoms with Crippen LogP contribution in [0.5, 0.6) is 28.7 Å². The highest BCUT2D eigenvalue weighted by Gasteiger charge is 2.38. The Hall–Kier alpha value is -3.15. The van der Waals surface area contributed by atoms with Crippen molar-refractivity contribution in [3.05, 3.63) is 53.1 Å². The summed E-state index contributed by atoms with van der Waals surface area (Å²) in [5.74, 6) is 0.283. The number of phenols is 2. The molecule has 2 N–H and O–H groups in total. The van der Waals surface area contributed by atoms with Crippen LogP contribution in [-0.4, -0.2) is 35.8 Å². The van der Waals surface area contributed by atoms with E-state index in [0.29, 0.717) is 34.8 Å². The number of methoxy groups -OCH3 is 1. The second kappa shape index (κ2) is 6.23. The van der Waals surface area contributed by atoms with E-state index in [-0.39, 0.29) is 35.6 Å². The Kier molecular flexibility index (Phi) is 3.98. The van der Waals surface area contributed by atoms with Crippen LogP contribution in [0.1, 0.15) is 34.3 Å². The van der Waals surface area contributed by atoms with E-state index in [1.54, 1.807) is 12.1 Å². The van der Waals surface area contributed by atoms with Crippen molar-refractivity contribution in [1.29, 1.82) is 0 Å². The molecule has 0 bridgehead atoms. The SMILES string of the molecule is C=C(C)C1Cc2c(cc3c(c2O)C(=O)C(c2ccc(O)cc2OC)CO3)O1. The van der Waals surface area contributed by atoms with Crippen molar-refractivity contribution < 1.29 is 29.2 Å².